The summed E-state index contributed by atoms with van der Waals surface area (Å²) in [5.41, 5.74) is 0.930. The molecule has 0 bridgehead atoms. The zero-order valence-electron chi connectivity index (χ0n) is 9.91. The van der Waals surface area contributed by atoms with Crippen LogP contribution < -0.4 is 4.74 Å². The second-order valence-corrected chi connectivity index (χ2v) is 5.02. The Hall–Kier alpha value is -0.880. The average molecular weight is 280 g/mol. The first-order valence-electron chi connectivity index (χ1n) is 5.44. The van der Waals surface area contributed by atoms with Gasteiger partial charge >= 0.3 is 6.36 Å². The molecule has 0 saturated heterocycles. The van der Waals surface area contributed by atoms with Crippen LogP contribution >= 0.6 is 11.8 Å². The van der Waals surface area contributed by atoms with E-state index in [1.165, 1.54) is 12.1 Å². The number of aliphatic hydroxyl groups is 1. The van der Waals surface area contributed by atoms with E-state index < -0.39 is 6.36 Å². The van der Waals surface area contributed by atoms with E-state index >= 15 is 0 Å². The molecule has 1 unspecified atom stereocenters. The third kappa shape index (κ3) is 6.16. The molecule has 1 N–H and O–H groups in total. The summed E-state index contributed by atoms with van der Waals surface area (Å²) in [6.45, 7) is 2.08. The van der Waals surface area contributed by atoms with E-state index in [4.69, 9.17) is 5.11 Å². The van der Waals surface area contributed by atoms with Crippen LogP contribution in [-0.2, 0) is 5.75 Å². The van der Waals surface area contributed by atoms with Crippen LogP contribution in [0, 0.1) is 5.92 Å². The molecular formula is C12H15F3O2S. The summed E-state index contributed by atoms with van der Waals surface area (Å²) in [4.78, 5) is 0. The standard InChI is InChI=1S/C12H15F3O2S/c1-9(6-16)7-18-8-10-2-4-11(5-3-10)17-12(13,14)15/h2-5,9,16H,6-8H2,1H3. The summed E-state index contributed by atoms with van der Waals surface area (Å²) in [6.07, 6.45) is -4.65. The lowest BCUT2D eigenvalue weighted by molar-refractivity contribution is -0.274. The summed E-state index contributed by atoms with van der Waals surface area (Å²) in [7, 11) is 0. The maximum Gasteiger partial charge on any atom is 0.573 e. The van der Waals surface area contributed by atoms with E-state index in [9.17, 15) is 13.2 Å². The third-order valence-corrected chi connectivity index (χ3v) is 3.48. The fourth-order valence-electron chi connectivity index (χ4n) is 1.22. The number of aliphatic hydroxyl groups excluding tert-OH is 1. The van der Waals surface area contributed by atoms with Crippen LogP contribution in [0.5, 0.6) is 5.75 Å². The second-order valence-electron chi connectivity index (χ2n) is 3.99. The van der Waals surface area contributed by atoms with E-state index in [2.05, 4.69) is 4.74 Å². The van der Waals surface area contributed by atoms with Crippen molar-refractivity contribution in [3.63, 3.8) is 0 Å². The van der Waals surface area contributed by atoms with Crippen molar-refractivity contribution in [2.24, 2.45) is 5.92 Å². The highest BCUT2D eigenvalue weighted by atomic mass is 32.2. The molecule has 0 aliphatic rings. The van der Waals surface area contributed by atoms with E-state index in [1.54, 1.807) is 23.9 Å². The van der Waals surface area contributed by atoms with Crippen molar-refractivity contribution >= 4 is 11.8 Å². The van der Waals surface area contributed by atoms with Gasteiger partial charge < -0.3 is 9.84 Å². The van der Waals surface area contributed by atoms with Crippen LogP contribution in [0.25, 0.3) is 0 Å². The SMILES string of the molecule is CC(CO)CSCc1ccc(OC(F)(F)F)cc1. The number of benzene rings is 1. The maximum atomic E-state index is 11.9. The van der Waals surface area contributed by atoms with E-state index in [1.807, 2.05) is 6.92 Å². The zero-order chi connectivity index (χ0) is 13.6. The van der Waals surface area contributed by atoms with Gasteiger partial charge in [0, 0.05) is 12.4 Å². The Morgan fingerprint density at radius 2 is 1.89 bits per heavy atom. The molecule has 2 nitrogen and oxygen atoms in total. The predicted octanol–water partition coefficient (Wildman–Crippen LogP) is 3.45. The highest BCUT2D eigenvalue weighted by Crippen LogP contribution is 2.24. The largest absolute Gasteiger partial charge is 0.573 e. The van der Waals surface area contributed by atoms with Crippen molar-refractivity contribution in [3.8, 4) is 5.75 Å². The first-order chi connectivity index (χ1) is 8.40. The summed E-state index contributed by atoms with van der Waals surface area (Å²) in [5, 5.41) is 8.84. The Morgan fingerprint density at radius 1 is 1.28 bits per heavy atom. The van der Waals surface area contributed by atoms with Gasteiger partial charge in [0.05, 0.1) is 0 Å². The average Bonchev–Trinajstić information content (AvgIpc) is 2.29. The highest BCUT2D eigenvalue weighted by molar-refractivity contribution is 7.98. The topological polar surface area (TPSA) is 29.5 Å². The minimum absolute atomic E-state index is 0.144. The third-order valence-electron chi connectivity index (χ3n) is 2.14. The second kappa shape index (κ2) is 6.89. The maximum absolute atomic E-state index is 11.9. The van der Waals surface area contributed by atoms with Crippen molar-refractivity contribution in [3.05, 3.63) is 29.8 Å². The van der Waals surface area contributed by atoms with Gasteiger partial charge in [0.2, 0.25) is 0 Å². The molecule has 0 aliphatic carbocycles. The van der Waals surface area contributed by atoms with E-state index in [0.29, 0.717) is 5.75 Å². The number of hydrogen-bond donors (Lipinski definition) is 1. The molecule has 0 heterocycles. The van der Waals surface area contributed by atoms with Gasteiger partial charge in [-0.15, -0.1) is 13.2 Å². The minimum atomic E-state index is -4.65. The van der Waals surface area contributed by atoms with Crippen LogP contribution in [-0.4, -0.2) is 23.8 Å². The Labute approximate surface area is 108 Å². The van der Waals surface area contributed by atoms with Crippen LogP contribution in [0.15, 0.2) is 24.3 Å². The van der Waals surface area contributed by atoms with Gasteiger partial charge in [-0.1, -0.05) is 19.1 Å². The first-order valence-corrected chi connectivity index (χ1v) is 6.59. The summed E-state index contributed by atoms with van der Waals surface area (Å²) in [6, 6.07) is 5.83. The summed E-state index contributed by atoms with van der Waals surface area (Å²) >= 11 is 1.63. The van der Waals surface area contributed by atoms with Crippen LogP contribution in [0.1, 0.15) is 12.5 Å². The monoisotopic (exact) mass is 280 g/mol. The van der Waals surface area contributed by atoms with Crippen molar-refractivity contribution in [1.29, 1.82) is 0 Å². The van der Waals surface area contributed by atoms with Crippen LogP contribution in [0.3, 0.4) is 0 Å². The Morgan fingerprint density at radius 3 is 2.39 bits per heavy atom. The lowest BCUT2D eigenvalue weighted by Gasteiger charge is -2.10. The van der Waals surface area contributed by atoms with Gasteiger partial charge in [-0.25, -0.2) is 0 Å². The fourth-order valence-corrected chi connectivity index (χ4v) is 2.27. The molecule has 0 amide bonds. The van der Waals surface area contributed by atoms with Crippen molar-refractivity contribution in [1.82, 2.24) is 0 Å². The number of alkyl halides is 3. The summed E-state index contributed by atoms with van der Waals surface area (Å²) < 4.78 is 39.5. The minimum Gasteiger partial charge on any atom is -0.406 e. The van der Waals surface area contributed by atoms with Gasteiger partial charge in [-0.3, -0.25) is 0 Å². The van der Waals surface area contributed by atoms with Crippen molar-refractivity contribution in [2.45, 2.75) is 19.0 Å². The number of ether oxygens (including phenoxy) is 1. The molecule has 0 aromatic heterocycles. The number of rotatable bonds is 6. The van der Waals surface area contributed by atoms with Crippen molar-refractivity contribution < 1.29 is 23.0 Å². The number of thioether (sulfide) groups is 1. The van der Waals surface area contributed by atoms with E-state index in [0.717, 1.165) is 11.3 Å². The molecule has 1 rings (SSSR count). The van der Waals surface area contributed by atoms with Gasteiger partial charge in [0.1, 0.15) is 5.75 Å². The zero-order valence-corrected chi connectivity index (χ0v) is 10.7. The number of halogens is 3. The first kappa shape index (κ1) is 15.2. The molecule has 1 aromatic rings. The summed E-state index contributed by atoms with van der Waals surface area (Å²) in [5.74, 6) is 1.54. The van der Waals surface area contributed by atoms with Gasteiger partial charge in [0.25, 0.3) is 0 Å². The smallest absolute Gasteiger partial charge is 0.406 e. The molecule has 0 fully saturated rings. The Kier molecular flexibility index (Phi) is 5.81. The molecule has 0 aliphatic heterocycles. The van der Waals surface area contributed by atoms with Gasteiger partial charge in [-0.2, -0.15) is 11.8 Å². The predicted molar refractivity (Wildman–Crippen MR) is 65.5 cm³/mol. The van der Waals surface area contributed by atoms with Gasteiger partial charge in [-0.05, 0) is 29.4 Å². The van der Waals surface area contributed by atoms with Crippen LogP contribution in [0.4, 0.5) is 13.2 Å². The van der Waals surface area contributed by atoms with Gasteiger partial charge in [0.15, 0.2) is 0 Å². The normalized spacial score (nSPS) is 13.4. The lowest BCUT2D eigenvalue weighted by atomic mass is 10.2. The van der Waals surface area contributed by atoms with E-state index in [-0.39, 0.29) is 18.3 Å². The fraction of sp³-hybridized carbons (Fsp3) is 0.500. The molecule has 0 radical (unpaired) electrons. The Balaban J connectivity index is 2.41. The molecule has 0 spiro atoms. The molecule has 0 saturated carbocycles. The van der Waals surface area contributed by atoms with Crippen LogP contribution in [0.2, 0.25) is 0 Å². The van der Waals surface area contributed by atoms with Crippen molar-refractivity contribution in [2.75, 3.05) is 12.4 Å². The molecule has 1 atom stereocenters. The molecule has 1 aromatic carbocycles. The number of hydrogen-bond acceptors (Lipinski definition) is 3. The Bertz CT molecular complexity index is 351. The molecule has 6 heteroatoms. The molecule has 18 heavy (non-hydrogen) atoms. The highest BCUT2D eigenvalue weighted by Gasteiger charge is 2.30. The lowest BCUT2D eigenvalue weighted by Crippen LogP contribution is -2.17. The quantitative estimate of drug-likeness (QED) is 0.865. The molecular weight excluding hydrogens is 265 g/mol. The molecule has 102 valence electrons.